The van der Waals surface area contributed by atoms with Crippen molar-refractivity contribution in [3.8, 4) is 0 Å². The Hall–Kier alpha value is -1.65. The summed E-state index contributed by atoms with van der Waals surface area (Å²) in [6, 6.07) is 9.24. The van der Waals surface area contributed by atoms with Gasteiger partial charge in [0.2, 0.25) is 5.78 Å². The molecule has 1 aromatic heterocycles. The maximum atomic E-state index is 11.7. The van der Waals surface area contributed by atoms with E-state index < -0.39 is 0 Å². The van der Waals surface area contributed by atoms with E-state index in [2.05, 4.69) is 0 Å². The third-order valence-electron chi connectivity index (χ3n) is 2.37. The van der Waals surface area contributed by atoms with E-state index in [4.69, 9.17) is 13.9 Å². The number of para-hydroxylation sites is 1. The highest BCUT2D eigenvalue weighted by Crippen LogP contribution is 2.18. The molecule has 1 aromatic carbocycles. The number of hydrogen-bond acceptors (Lipinski definition) is 4. The van der Waals surface area contributed by atoms with Gasteiger partial charge in [-0.05, 0) is 12.1 Å². The Labute approximate surface area is 99.1 Å². The van der Waals surface area contributed by atoms with Crippen molar-refractivity contribution in [3.05, 3.63) is 36.1 Å². The maximum absolute atomic E-state index is 11.7. The Kier molecular flexibility index (Phi) is 3.90. The summed E-state index contributed by atoms with van der Waals surface area (Å²) < 4.78 is 15.4. The summed E-state index contributed by atoms with van der Waals surface area (Å²) in [6.07, 6.45) is 0. The minimum Gasteiger partial charge on any atom is -0.453 e. The Morgan fingerprint density at radius 2 is 2.12 bits per heavy atom. The van der Waals surface area contributed by atoms with Gasteiger partial charge in [-0.25, -0.2) is 0 Å². The first-order valence-corrected chi connectivity index (χ1v) is 5.39. The Bertz CT molecular complexity index is 468. The molecular formula is C13H14O4. The van der Waals surface area contributed by atoms with Crippen LogP contribution in [-0.2, 0) is 9.47 Å². The predicted octanol–water partition coefficient (Wildman–Crippen LogP) is 2.28. The molecule has 0 saturated carbocycles. The average Bonchev–Trinajstić information content (AvgIpc) is 2.78. The van der Waals surface area contributed by atoms with Crippen molar-refractivity contribution in [1.82, 2.24) is 0 Å². The van der Waals surface area contributed by atoms with Crippen molar-refractivity contribution in [3.63, 3.8) is 0 Å². The largest absolute Gasteiger partial charge is 0.453 e. The van der Waals surface area contributed by atoms with E-state index in [0.29, 0.717) is 24.6 Å². The van der Waals surface area contributed by atoms with Crippen molar-refractivity contribution in [2.75, 3.05) is 26.9 Å². The summed E-state index contributed by atoms with van der Waals surface area (Å²) in [7, 11) is 1.59. The minimum atomic E-state index is -0.155. The summed E-state index contributed by atoms with van der Waals surface area (Å²) in [5.74, 6) is 0.181. The van der Waals surface area contributed by atoms with Gasteiger partial charge >= 0.3 is 0 Å². The van der Waals surface area contributed by atoms with Crippen LogP contribution in [0.2, 0.25) is 0 Å². The highest BCUT2D eigenvalue weighted by molar-refractivity contribution is 5.98. The number of carbonyl (C=O) groups is 1. The minimum absolute atomic E-state index is 0.0170. The fourth-order valence-electron chi connectivity index (χ4n) is 1.50. The second kappa shape index (κ2) is 5.61. The summed E-state index contributed by atoms with van der Waals surface area (Å²) >= 11 is 0. The molecule has 0 fully saturated rings. The van der Waals surface area contributed by atoms with Gasteiger partial charge in [-0.2, -0.15) is 0 Å². The van der Waals surface area contributed by atoms with Crippen LogP contribution in [0, 0.1) is 0 Å². The third-order valence-corrected chi connectivity index (χ3v) is 2.37. The first kappa shape index (κ1) is 11.8. The van der Waals surface area contributed by atoms with Crippen LogP contribution in [0.1, 0.15) is 10.6 Å². The fraction of sp³-hybridized carbons (Fsp3) is 0.308. The smallest absolute Gasteiger partial charge is 0.223 e. The van der Waals surface area contributed by atoms with E-state index in [9.17, 15) is 4.79 Å². The molecule has 2 rings (SSSR count). The topological polar surface area (TPSA) is 48.7 Å². The van der Waals surface area contributed by atoms with Crippen LogP contribution in [0.4, 0.5) is 0 Å². The number of fused-ring (bicyclic) bond motifs is 1. The van der Waals surface area contributed by atoms with Gasteiger partial charge in [0.15, 0.2) is 5.76 Å². The summed E-state index contributed by atoms with van der Waals surface area (Å²) in [4.78, 5) is 11.7. The molecular weight excluding hydrogens is 220 g/mol. The zero-order valence-corrected chi connectivity index (χ0v) is 9.64. The zero-order valence-electron chi connectivity index (χ0n) is 9.64. The normalized spacial score (nSPS) is 10.9. The fourth-order valence-corrected chi connectivity index (χ4v) is 1.50. The number of ether oxygens (including phenoxy) is 2. The second-order valence-corrected chi connectivity index (χ2v) is 3.62. The van der Waals surface area contributed by atoms with Crippen LogP contribution in [0.3, 0.4) is 0 Å². The van der Waals surface area contributed by atoms with Crippen LogP contribution >= 0.6 is 0 Å². The van der Waals surface area contributed by atoms with Gasteiger partial charge in [0.05, 0.1) is 13.2 Å². The van der Waals surface area contributed by atoms with E-state index in [1.54, 1.807) is 13.2 Å². The van der Waals surface area contributed by atoms with Gasteiger partial charge < -0.3 is 13.9 Å². The number of methoxy groups -OCH3 is 1. The number of Topliss-reactive ketones (excluding diaryl/α,β-unsaturated/α-hetero) is 1. The van der Waals surface area contributed by atoms with Crippen molar-refractivity contribution in [1.29, 1.82) is 0 Å². The van der Waals surface area contributed by atoms with Crippen LogP contribution in [0.5, 0.6) is 0 Å². The van der Waals surface area contributed by atoms with E-state index in [1.165, 1.54) is 0 Å². The van der Waals surface area contributed by atoms with Gasteiger partial charge in [0.25, 0.3) is 0 Å². The van der Waals surface area contributed by atoms with Crippen molar-refractivity contribution in [2.24, 2.45) is 0 Å². The highest BCUT2D eigenvalue weighted by Gasteiger charge is 2.11. The molecule has 0 radical (unpaired) electrons. The second-order valence-electron chi connectivity index (χ2n) is 3.62. The summed E-state index contributed by atoms with van der Waals surface area (Å²) in [6.45, 7) is 0.902. The molecule has 0 spiro atoms. The number of benzene rings is 1. The van der Waals surface area contributed by atoms with Gasteiger partial charge in [0.1, 0.15) is 12.2 Å². The number of rotatable bonds is 6. The lowest BCUT2D eigenvalue weighted by Crippen LogP contribution is -2.11. The molecule has 0 atom stereocenters. The molecule has 0 saturated heterocycles. The lowest BCUT2D eigenvalue weighted by molar-refractivity contribution is 0.0559. The SMILES string of the molecule is COCCOCC(=O)c1cc2ccccc2o1. The molecule has 0 aliphatic rings. The predicted molar refractivity (Wildman–Crippen MR) is 63.2 cm³/mol. The average molecular weight is 234 g/mol. The molecule has 90 valence electrons. The van der Waals surface area contributed by atoms with Crippen molar-refractivity contribution in [2.45, 2.75) is 0 Å². The van der Waals surface area contributed by atoms with Crippen LogP contribution in [0.15, 0.2) is 34.7 Å². The van der Waals surface area contributed by atoms with Gasteiger partial charge in [-0.1, -0.05) is 18.2 Å². The molecule has 0 unspecified atom stereocenters. The molecule has 4 nitrogen and oxygen atoms in total. The van der Waals surface area contributed by atoms with Gasteiger partial charge in [-0.15, -0.1) is 0 Å². The van der Waals surface area contributed by atoms with Crippen molar-refractivity contribution < 1.29 is 18.7 Å². The molecule has 0 aliphatic heterocycles. The van der Waals surface area contributed by atoms with Crippen molar-refractivity contribution >= 4 is 16.8 Å². The van der Waals surface area contributed by atoms with E-state index in [0.717, 1.165) is 5.39 Å². The summed E-state index contributed by atoms with van der Waals surface area (Å²) in [5, 5.41) is 0.924. The summed E-state index contributed by atoms with van der Waals surface area (Å²) in [5.41, 5.74) is 0.716. The van der Waals surface area contributed by atoms with Crippen LogP contribution < -0.4 is 0 Å². The Morgan fingerprint density at radius 3 is 2.88 bits per heavy atom. The first-order valence-electron chi connectivity index (χ1n) is 5.39. The quantitative estimate of drug-likeness (QED) is 0.568. The van der Waals surface area contributed by atoms with Crippen LogP contribution in [0.25, 0.3) is 11.0 Å². The van der Waals surface area contributed by atoms with Gasteiger partial charge in [-0.3, -0.25) is 4.79 Å². The zero-order chi connectivity index (χ0) is 12.1. The first-order chi connectivity index (χ1) is 8.31. The molecule has 0 N–H and O–H groups in total. The highest BCUT2D eigenvalue weighted by atomic mass is 16.5. The molecule has 0 aliphatic carbocycles. The number of carbonyl (C=O) groups excluding carboxylic acids is 1. The molecule has 0 amide bonds. The third kappa shape index (κ3) is 2.93. The Balaban J connectivity index is 1.99. The standard InChI is InChI=1S/C13H14O4/c1-15-6-7-16-9-11(14)13-8-10-4-2-3-5-12(10)17-13/h2-5,8H,6-7,9H2,1H3. The lowest BCUT2D eigenvalue weighted by Gasteiger charge is -2.00. The van der Waals surface area contributed by atoms with Gasteiger partial charge in [0, 0.05) is 12.5 Å². The van der Waals surface area contributed by atoms with Crippen LogP contribution in [-0.4, -0.2) is 32.7 Å². The maximum Gasteiger partial charge on any atom is 0.223 e. The monoisotopic (exact) mass is 234 g/mol. The van der Waals surface area contributed by atoms with E-state index >= 15 is 0 Å². The number of ketones is 1. The van der Waals surface area contributed by atoms with E-state index in [1.807, 2.05) is 24.3 Å². The number of furan rings is 1. The number of hydrogen-bond donors (Lipinski definition) is 0. The Morgan fingerprint density at radius 1 is 1.29 bits per heavy atom. The lowest BCUT2D eigenvalue weighted by atomic mass is 10.2. The molecule has 17 heavy (non-hydrogen) atoms. The molecule has 4 heteroatoms. The van der Waals surface area contributed by atoms with E-state index in [-0.39, 0.29) is 12.4 Å². The molecule has 2 aromatic rings. The molecule has 0 bridgehead atoms. The molecule has 1 heterocycles.